The monoisotopic (exact) mass is 282 g/mol. The molecule has 0 bridgehead atoms. The van der Waals surface area contributed by atoms with E-state index in [0.29, 0.717) is 11.8 Å². The molecule has 2 aromatic carbocycles. The van der Waals surface area contributed by atoms with Crippen molar-refractivity contribution in [2.75, 3.05) is 19.4 Å². The van der Waals surface area contributed by atoms with E-state index < -0.39 is 0 Å². The van der Waals surface area contributed by atoms with Crippen molar-refractivity contribution in [2.45, 2.75) is 25.4 Å². The van der Waals surface area contributed by atoms with Gasteiger partial charge >= 0.3 is 0 Å². The maximum Gasteiger partial charge on any atom is 0.115 e. The first-order valence-electron chi connectivity index (χ1n) is 7.44. The largest absolute Gasteiger partial charge is 0.508 e. The SMILES string of the molecule is CN(C)Cc1ccc(NC2CCc3cc(O)ccc32)cc1. The number of fused-ring (bicyclic) bond motifs is 1. The maximum absolute atomic E-state index is 9.55. The molecule has 2 aromatic rings. The lowest BCUT2D eigenvalue weighted by molar-refractivity contribution is 0.402. The molecule has 1 aliphatic carbocycles. The van der Waals surface area contributed by atoms with Gasteiger partial charge in [-0.15, -0.1) is 0 Å². The van der Waals surface area contributed by atoms with E-state index in [-0.39, 0.29) is 0 Å². The van der Waals surface area contributed by atoms with Crippen molar-refractivity contribution < 1.29 is 5.11 Å². The van der Waals surface area contributed by atoms with E-state index in [4.69, 9.17) is 0 Å². The Morgan fingerprint density at radius 3 is 2.62 bits per heavy atom. The molecule has 110 valence electrons. The number of aromatic hydroxyl groups is 1. The Morgan fingerprint density at radius 2 is 1.90 bits per heavy atom. The zero-order chi connectivity index (χ0) is 14.8. The van der Waals surface area contributed by atoms with Gasteiger partial charge in [0.05, 0.1) is 6.04 Å². The van der Waals surface area contributed by atoms with Crippen LogP contribution in [-0.4, -0.2) is 24.1 Å². The molecular weight excluding hydrogens is 260 g/mol. The number of anilines is 1. The molecule has 2 N–H and O–H groups in total. The van der Waals surface area contributed by atoms with Crippen LogP contribution < -0.4 is 5.32 Å². The van der Waals surface area contributed by atoms with Crippen LogP contribution in [0.2, 0.25) is 0 Å². The van der Waals surface area contributed by atoms with Crippen LogP contribution >= 0.6 is 0 Å². The highest BCUT2D eigenvalue weighted by molar-refractivity contribution is 5.50. The first-order chi connectivity index (χ1) is 10.1. The molecule has 3 nitrogen and oxygen atoms in total. The average Bonchev–Trinajstić information content (AvgIpc) is 2.83. The van der Waals surface area contributed by atoms with Crippen molar-refractivity contribution in [2.24, 2.45) is 0 Å². The summed E-state index contributed by atoms with van der Waals surface area (Å²) in [6.45, 7) is 0.964. The fourth-order valence-electron chi connectivity index (χ4n) is 3.03. The number of hydrogen-bond donors (Lipinski definition) is 2. The molecule has 0 heterocycles. The van der Waals surface area contributed by atoms with E-state index in [9.17, 15) is 5.11 Å². The highest BCUT2D eigenvalue weighted by atomic mass is 16.3. The van der Waals surface area contributed by atoms with Crippen LogP contribution in [0.4, 0.5) is 5.69 Å². The normalized spacial score (nSPS) is 17.0. The molecule has 0 radical (unpaired) electrons. The Balaban J connectivity index is 1.71. The van der Waals surface area contributed by atoms with E-state index in [0.717, 1.165) is 25.1 Å². The van der Waals surface area contributed by atoms with Gasteiger partial charge in [-0.2, -0.15) is 0 Å². The van der Waals surface area contributed by atoms with Gasteiger partial charge in [-0.25, -0.2) is 0 Å². The van der Waals surface area contributed by atoms with Gasteiger partial charge in [-0.05, 0) is 67.9 Å². The molecule has 0 spiro atoms. The predicted octanol–water partition coefficient (Wildman–Crippen LogP) is 3.55. The van der Waals surface area contributed by atoms with Crippen LogP contribution in [0.5, 0.6) is 5.75 Å². The first kappa shape index (κ1) is 14.0. The van der Waals surface area contributed by atoms with Crippen LogP contribution in [0, 0.1) is 0 Å². The Morgan fingerprint density at radius 1 is 1.14 bits per heavy atom. The van der Waals surface area contributed by atoms with Gasteiger partial charge in [-0.1, -0.05) is 18.2 Å². The summed E-state index contributed by atoms with van der Waals surface area (Å²) < 4.78 is 0. The lowest BCUT2D eigenvalue weighted by Gasteiger charge is -2.16. The van der Waals surface area contributed by atoms with Crippen molar-refractivity contribution in [1.82, 2.24) is 4.90 Å². The van der Waals surface area contributed by atoms with Gasteiger partial charge in [0.15, 0.2) is 0 Å². The Kier molecular flexibility index (Phi) is 3.84. The minimum absolute atomic E-state index is 0.347. The second kappa shape index (κ2) is 5.78. The number of nitrogens with zero attached hydrogens (tertiary/aromatic N) is 1. The van der Waals surface area contributed by atoms with Crippen molar-refractivity contribution in [3.8, 4) is 5.75 Å². The third-order valence-corrected chi connectivity index (χ3v) is 4.00. The molecule has 0 amide bonds. The summed E-state index contributed by atoms with van der Waals surface area (Å²) in [5.41, 5.74) is 5.05. The topological polar surface area (TPSA) is 35.5 Å². The fraction of sp³-hybridized carbons (Fsp3) is 0.333. The maximum atomic E-state index is 9.55. The molecule has 3 heteroatoms. The molecule has 0 aliphatic heterocycles. The van der Waals surface area contributed by atoms with Crippen molar-refractivity contribution in [1.29, 1.82) is 0 Å². The minimum Gasteiger partial charge on any atom is -0.508 e. The molecule has 0 fully saturated rings. The average molecular weight is 282 g/mol. The summed E-state index contributed by atoms with van der Waals surface area (Å²) in [5.74, 6) is 0.363. The van der Waals surface area contributed by atoms with Gasteiger partial charge < -0.3 is 15.3 Å². The minimum atomic E-state index is 0.347. The van der Waals surface area contributed by atoms with Gasteiger partial charge in [0, 0.05) is 12.2 Å². The zero-order valence-corrected chi connectivity index (χ0v) is 12.6. The van der Waals surface area contributed by atoms with Crippen LogP contribution in [0.3, 0.4) is 0 Å². The van der Waals surface area contributed by atoms with Crippen LogP contribution in [0.1, 0.15) is 29.2 Å². The fourth-order valence-corrected chi connectivity index (χ4v) is 3.03. The Labute approximate surface area is 126 Å². The van der Waals surface area contributed by atoms with E-state index in [1.54, 1.807) is 6.07 Å². The van der Waals surface area contributed by atoms with Gasteiger partial charge in [0.1, 0.15) is 5.75 Å². The van der Waals surface area contributed by atoms with Gasteiger partial charge in [0.25, 0.3) is 0 Å². The summed E-state index contributed by atoms with van der Waals surface area (Å²) in [6.07, 6.45) is 2.11. The van der Waals surface area contributed by atoms with Crippen molar-refractivity contribution in [3.63, 3.8) is 0 Å². The third-order valence-electron chi connectivity index (χ3n) is 4.00. The summed E-state index contributed by atoms with van der Waals surface area (Å²) in [4.78, 5) is 2.17. The Hall–Kier alpha value is -2.00. The van der Waals surface area contributed by atoms with E-state index >= 15 is 0 Å². The second-order valence-electron chi connectivity index (χ2n) is 6.05. The third kappa shape index (κ3) is 3.19. The molecule has 0 saturated carbocycles. The number of phenolic OH excluding ortho intramolecular Hbond substituents is 1. The standard InChI is InChI=1S/C18H22N2O/c1-20(2)12-13-3-6-15(7-4-13)19-18-10-5-14-11-16(21)8-9-17(14)18/h3-4,6-9,11,18-19,21H,5,10,12H2,1-2H3. The number of phenols is 1. The predicted molar refractivity (Wildman–Crippen MR) is 86.6 cm³/mol. The smallest absolute Gasteiger partial charge is 0.115 e. The second-order valence-corrected chi connectivity index (χ2v) is 6.05. The first-order valence-corrected chi connectivity index (χ1v) is 7.44. The van der Waals surface area contributed by atoms with E-state index in [1.807, 2.05) is 12.1 Å². The number of benzene rings is 2. The van der Waals surface area contributed by atoms with Crippen molar-refractivity contribution in [3.05, 3.63) is 59.2 Å². The molecule has 1 aliphatic rings. The molecule has 3 rings (SSSR count). The highest BCUT2D eigenvalue weighted by Crippen LogP contribution is 2.35. The van der Waals surface area contributed by atoms with Crippen molar-refractivity contribution >= 4 is 5.69 Å². The summed E-state index contributed by atoms with van der Waals surface area (Å²) in [7, 11) is 4.16. The van der Waals surface area contributed by atoms with Gasteiger partial charge in [-0.3, -0.25) is 0 Å². The zero-order valence-electron chi connectivity index (χ0n) is 12.6. The number of rotatable bonds is 4. The molecular formula is C18H22N2O. The van der Waals surface area contributed by atoms with Gasteiger partial charge in [0.2, 0.25) is 0 Å². The highest BCUT2D eigenvalue weighted by Gasteiger charge is 2.22. The number of nitrogens with one attached hydrogen (secondary N) is 1. The Bertz CT molecular complexity index is 620. The summed E-state index contributed by atoms with van der Waals surface area (Å²) in [6, 6.07) is 14.7. The summed E-state index contributed by atoms with van der Waals surface area (Å²) >= 11 is 0. The molecule has 21 heavy (non-hydrogen) atoms. The lowest BCUT2D eigenvalue weighted by atomic mass is 10.1. The van der Waals surface area contributed by atoms with E-state index in [1.165, 1.54) is 16.7 Å². The summed E-state index contributed by atoms with van der Waals surface area (Å²) in [5, 5.41) is 13.2. The molecule has 1 unspecified atom stereocenters. The van der Waals surface area contributed by atoms with Crippen LogP contribution in [0.25, 0.3) is 0 Å². The number of hydrogen-bond acceptors (Lipinski definition) is 3. The molecule has 0 saturated heterocycles. The lowest BCUT2D eigenvalue weighted by Crippen LogP contribution is -2.11. The van der Waals surface area contributed by atoms with Crippen LogP contribution in [0.15, 0.2) is 42.5 Å². The quantitative estimate of drug-likeness (QED) is 0.900. The molecule has 1 atom stereocenters. The van der Waals surface area contributed by atoms with E-state index in [2.05, 4.69) is 48.6 Å². The van der Waals surface area contributed by atoms with Crippen LogP contribution in [-0.2, 0) is 13.0 Å². The number of aryl methyl sites for hydroxylation is 1. The molecule has 0 aromatic heterocycles.